The summed E-state index contributed by atoms with van der Waals surface area (Å²) in [5, 5.41) is 2.89. The molecule has 0 atom stereocenters. The van der Waals surface area contributed by atoms with Crippen molar-refractivity contribution in [2.24, 2.45) is 0 Å². The maximum absolute atomic E-state index is 12.2. The quantitative estimate of drug-likeness (QED) is 0.841. The van der Waals surface area contributed by atoms with Crippen LogP contribution in [0.3, 0.4) is 0 Å². The first-order valence-electron chi connectivity index (χ1n) is 8.81. The summed E-state index contributed by atoms with van der Waals surface area (Å²) in [5.74, 6) is 0.580. The summed E-state index contributed by atoms with van der Waals surface area (Å²) < 4.78 is 5.28. The van der Waals surface area contributed by atoms with Gasteiger partial charge in [-0.05, 0) is 43.5 Å². The van der Waals surface area contributed by atoms with Crippen LogP contribution in [-0.2, 0) is 4.79 Å². The van der Waals surface area contributed by atoms with E-state index in [4.69, 9.17) is 4.74 Å². The number of rotatable bonds is 5. The Labute approximate surface area is 154 Å². The minimum atomic E-state index is -0.164. The van der Waals surface area contributed by atoms with Crippen LogP contribution in [0.1, 0.15) is 5.56 Å². The molecule has 2 aromatic carbocycles. The van der Waals surface area contributed by atoms with E-state index < -0.39 is 0 Å². The first-order valence-corrected chi connectivity index (χ1v) is 8.81. The Kier molecular flexibility index (Phi) is 5.92. The number of piperazine rings is 1. The van der Waals surface area contributed by atoms with Crippen LogP contribution in [0.15, 0.2) is 54.6 Å². The molecule has 5 nitrogen and oxygen atoms in total. The normalized spacial score (nSPS) is 15.2. The van der Waals surface area contributed by atoms with Gasteiger partial charge in [-0.3, -0.25) is 4.79 Å². The van der Waals surface area contributed by atoms with Crippen LogP contribution in [0.25, 0.3) is 6.08 Å². The molecule has 0 unspecified atom stereocenters. The number of para-hydroxylation sites is 1. The lowest BCUT2D eigenvalue weighted by Crippen LogP contribution is -2.44. The standard InChI is InChI=1S/C21H25N3O2/c1-23-13-15-24(16-14-23)19-10-8-18(9-11-19)22-21(25)12-7-17-5-3-4-6-20(17)26-2/h3-12H,13-16H2,1-2H3,(H,22,25)/b12-7+. The van der Waals surface area contributed by atoms with Gasteiger partial charge in [-0.15, -0.1) is 0 Å². The van der Waals surface area contributed by atoms with Gasteiger partial charge in [0.15, 0.2) is 0 Å². The molecular formula is C21H25N3O2. The highest BCUT2D eigenvalue weighted by Gasteiger charge is 2.14. The Morgan fingerprint density at radius 3 is 2.42 bits per heavy atom. The summed E-state index contributed by atoms with van der Waals surface area (Å²) >= 11 is 0. The van der Waals surface area contributed by atoms with Crippen LogP contribution in [0.4, 0.5) is 11.4 Å². The van der Waals surface area contributed by atoms with E-state index in [2.05, 4.69) is 34.3 Å². The van der Waals surface area contributed by atoms with Crippen LogP contribution < -0.4 is 15.0 Å². The van der Waals surface area contributed by atoms with Gasteiger partial charge in [-0.2, -0.15) is 0 Å². The summed E-state index contributed by atoms with van der Waals surface area (Å²) in [4.78, 5) is 16.9. The SMILES string of the molecule is COc1ccccc1/C=C/C(=O)Nc1ccc(N2CCN(C)CC2)cc1. The van der Waals surface area contributed by atoms with Gasteiger partial charge in [-0.25, -0.2) is 0 Å². The zero-order valence-electron chi connectivity index (χ0n) is 15.3. The van der Waals surface area contributed by atoms with Crippen molar-refractivity contribution in [3.63, 3.8) is 0 Å². The van der Waals surface area contributed by atoms with Gasteiger partial charge in [0.05, 0.1) is 7.11 Å². The zero-order valence-corrected chi connectivity index (χ0v) is 15.3. The average Bonchev–Trinajstić information content (AvgIpc) is 2.68. The molecule has 5 heteroatoms. The van der Waals surface area contributed by atoms with Crippen LogP contribution >= 0.6 is 0 Å². The van der Waals surface area contributed by atoms with Crippen LogP contribution in [0.2, 0.25) is 0 Å². The number of benzene rings is 2. The van der Waals surface area contributed by atoms with E-state index >= 15 is 0 Å². The van der Waals surface area contributed by atoms with Crippen molar-refractivity contribution in [1.82, 2.24) is 4.90 Å². The van der Waals surface area contributed by atoms with Crippen molar-refractivity contribution in [2.45, 2.75) is 0 Å². The fraction of sp³-hybridized carbons (Fsp3) is 0.286. The number of nitrogens with one attached hydrogen (secondary N) is 1. The predicted octanol–water partition coefficient (Wildman–Crippen LogP) is 3.10. The molecule has 1 amide bonds. The summed E-state index contributed by atoms with van der Waals surface area (Å²) in [5.41, 5.74) is 2.86. The number of ether oxygens (including phenoxy) is 1. The average molecular weight is 351 g/mol. The molecule has 1 fully saturated rings. The third kappa shape index (κ3) is 4.64. The van der Waals surface area contributed by atoms with E-state index in [0.29, 0.717) is 0 Å². The zero-order chi connectivity index (χ0) is 18.4. The van der Waals surface area contributed by atoms with E-state index in [9.17, 15) is 4.79 Å². The molecule has 2 aromatic rings. The number of methoxy groups -OCH3 is 1. The molecule has 1 aliphatic rings. The van der Waals surface area contributed by atoms with Crippen molar-refractivity contribution in [2.75, 3.05) is 50.6 Å². The highest BCUT2D eigenvalue weighted by Crippen LogP contribution is 2.20. The molecule has 0 saturated carbocycles. The van der Waals surface area contributed by atoms with Crippen LogP contribution in [0.5, 0.6) is 5.75 Å². The molecule has 26 heavy (non-hydrogen) atoms. The smallest absolute Gasteiger partial charge is 0.248 e. The lowest BCUT2D eigenvalue weighted by Gasteiger charge is -2.34. The topological polar surface area (TPSA) is 44.8 Å². The van der Waals surface area contributed by atoms with Crippen molar-refractivity contribution in [3.05, 3.63) is 60.2 Å². The summed E-state index contributed by atoms with van der Waals surface area (Å²) in [6.45, 7) is 4.21. The summed E-state index contributed by atoms with van der Waals surface area (Å²) in [7, 11) is 3.77. The van der Waals surface area contributed by atoms with Gasteiger partial charge in [0.25, 0.3) is 0 Å². The molecule has 0 aliphatic carbocycles. The number of hydrogen-bond donors (Lipinski definition) is 1. The Morgan fingerprint density at radius 2 is 1.73 bits per heavy atom. The second-order valence-corrected chi connectivity index (χ2v) is 6.40. The van der Waals surface area contributed by atoms with Crippen molar-refractivity contribution in [1.29, 1.82) is 0 Å². The number of likely N-dealkylation sites (N-methyl/N-ethyl adjacent to an activating group) is 1. The van der Waals surface area contributed by atoms with Gasteiger partial charge in [-0.1, -0.05) is 18.2 Å². The lowest BCUT2D eigenvalue weighted by molar-refractivity contribution is -0.111. The molecule has 0 bridgehead atoms. The minimum Gasteiger partial charge on any atom is -0.496 e. The second kappa shape index (κ2) is 8.54. The van der Waals surface area contributed by atoms with E-state index in [-0.39, 0.29) is 5.91 Å². The van der Waals surface area contributed by atoms with Gasteiger partial charge >= 0.3 is 0 Å². The van der Waals surface area contributed by atoms with Crippen LogP contribution in [-0.4, -0.2) is 51.1 Å². The number of anilines is 2. The molecule has 1 heterocycles. The molecule has 3 rings (SSSR count). The summed E-state index contributed by atoms with van der Waals surface area (Å²) in [6.07, 6.45) is 3.28. The number of amides is 1. The molecule has 1 saturated heterocycles. The van der Waals surface area contributed by atoms with E-state index in [0.717, 1.165) is 43.2 Å². The van der Waals surface area contributed by atoms with Gasteiger partial charge < -0.3 is 19.9 Å². The molecule has 1 N–H and O–H groups in total. The molecular weight excluding hydrogens is 326 g/mol. The highest BCUT2D eigenvalue weighted by molar-refractivity contribution is 6.02. The number of carbonyl (C=O) groups is 1. The van der Waals surface area contributed by atoms with Crippen LogP contribution in [0, 0.1) is 0 Å². The van der Waals surface area contributed by atoms with Gasteiger partial charge in [0.1, 0.15) is 5.75 Å². The third-order valence-corrected chi connectivity index (χ3v) is 4.56. The van der Waals surface area contributed by atoms with Crippen molar-refractivity contribution < 1.29 is 9.53 Å². The van der Waals surface area contributed by atoms with Gasteiger partial charge in [0, 0.05) is 49.2 Å². The number of carbonyl (C=O) groups excluding carboxylic acids is 1. The van der Waals surface area contributed by atoms with Crippen molar-refractivity contribution in [3.8, 4) is 5.75 Å². The fourth-order valence-corrected chi connectivity index (χ4v) is 2.97. The van der Waals surface area contributed by atoms with E-state index in [1.54, 1.807) is 13.2 Å². The minimum absolute atomic E-state index is 0.164. The Bertz CT molecular complexity index is 763. The van der Waals surface area contributed by atoms with E-state index in [1.807, 2.05) is 36.4 Å². The van der Waals surface area contributed by atoms with Crippen molar-refractivity contribution >= 4 is 23.4 Å². The fourth-order valence-electron chi connectivity index (χ4n) is 2.97. The van der Waals surface area contributed by atoms with Gasteiger partial charge in [0.2, 0.25) is 5.91 Å². The Balaban J connectivity index is 1.58. The molecule has 0 radical (unpaired) electrons. The Hall–Kier alpha value is -2.79. The number of nitrogens with zero attached hydrogens (tertiary/aromatic N) is 2. The summed E-state index contributed by atoms with van der Waals surface area (Å²) in [6, 6.07) is 15.6. The Morgan fingerprint density at radius 1 is 1.04 bits per heavy atom. The third-order valence-electron chi connectivity index (χ3n) is 4.56. The molecule has 136 valence electrons. The number of hydrogen-bond acceptors (Lipinski definition) is 4. The second-order valence-electron chi connectivity index (χ2n) is 6.40. The largest absolute Gasteiger partial charge is 0.496 e. The maximum Gasteiger partial charge on any atom is 0.248 e. The monoisotopic (exact) mass is 351 g/mol. The highest BCUT2D eigenvalue weighted by atomic mass is 16.5. The molecule has 0 aromatic heterocycles. The molecule has 0 spiro atoms. The maximum atomic E-state index is 12.2. The predicted molar refractivity (Wildman–Crippen MR) is 107 cm³/mol. The first-order chi connectivity index (χ1) is 12.7. The lowest BCUT2D eigenvalue weighted by atomic mass is 10.2. The first kappa shape index (κ1) is 18.0. The molecule has 1 aliphatic heterocycles. The van der Waals surface area contributed by atoms with E-state index in [1.165, 1.54) is 11.8 Å².